The molecule has 3 N–H and O–H groups in total. The Morgan fingerprint density at radius 1 is 1.00 bits per heavy atom. The van der Waals surface area contributed by atoms with Gasteiger partial charge in [0.05, 0.1) is 6.10 Å². The Hall–Kier alpha value is -1.11. The fourth-order valence-corrected chi connectivity index (χ4v) is 4.99. The van der Waals surface area contributed by atoms with Gasteiger partial charge < -0.3 is 10.8 Å². The van der Waals surface area contributed by atoms with Crippen LogP contribution in [0.1, 0.15) is 35.4 Å². The summed E-state index contributed by atoms with van der Waals surface area (Å²) >= 11 is 2.31. The zero-order chi connectivity index (χ0) is 17.4. The molecule has 132 valence electrons. The third-order valence-corrected chi connectivity index (χ3v) is 6.90. The molecular weight excluding hydrogens is 423 g/mol. The van der Waals surface area contributed by atoms with E-state index in [2.05, 4.69) is 70.0 Å². The average Bonchev–Trinajstić information content (AvgIpc) is 2.65. The van der Waals surface area contributed by atoms with E-state index in [-0.39, 0.29) is 12.1 Å². The first kappa shape index (κ1) is 17.3. The van der Waals surface area contributed by atoms with E-state index in [4.69, 9.17) is 5.73 Å². The molecule has 1 aliphatic carbocycles. The van der Waals surface area contributed by atoms with Gasteiger partial charge in [-0.05, 0) is 83.6 Å². The molecule has 1 fully saturated rings. The highest BCUT2D eigenvalue weighted by Crippen LogP contribution is 2.35. The van der Waals surface area contributed by atoms with Crippen LogP contribution in [0.3, 0.4) is 0 Å². The van der Waals surface area contributed by atoms with E-state index < -0.39 is 0 Å². The van der Waals surface area contributed by atoms with Gasteiger partial charge in [-0.3, -0.25) is 4.90 Å². The number of fused-ring (bicyclic) bond motifs is 1. The monoisotopic (exact) mass is 448 g/mol. The lowest BCUT2D eigenvalue weighted by Gasteiger charge is -2.42. The maximum Gasteiger partial charge on any atom is 0.0739 e. The summed E-state index contributed by atoms with van der Waals surface area (Å²) in [5, 5.41) is 10.7. The number of nitrogen functional groups attached to an aromatic ring is 1. The molecule has 0 amide bonds. The lowest BCUT2D eigenvalue weighted by molar-refractivity contribution is 0.0296. The van der Waals surface area contributed by atoms with Crippen molar-refractivity contribution >= 4 is 28.3 Å². The van der Waals surface area contributed by atoms with Gasteiger partial charge in [-0.25, -0.2) is 0 Å². The predicted octanol–water partition coefficient (Wildman–Crippen LogP) is 3.58. The summed E-state index contributed by atoms with van der Waals surface area (Å²) in [5.41, 5.74) is 11.2. The van der Waals surface area contributed by atoms with Crippen molar-refractivity contribution in [3.05, 3.63) is 62.7 Å². The SMILES string of the molecule is Nc1c(I)ccc2c1C[C@H](N1CCC(c3ccccc3)CC1)[C@@H](O)C2. The van der Waals surface area contributed by atoms with Gasteiger partial charge in [-0.15, -0.1) is 0 Å². The summed E-state index contributed by atoms with van der Waals surface area (Å²) in [5.74, 6) is 0.650. The number of benzene rings is 2. The summed E-state index contributed by atoms with van der Waals surface area (Å²) in [6.45, 7) is 2.11. The zero-order valence-electron chi connectivity index (χ0n) is 14.4. The van der Waals surface area contributed by atoms with E-state index in [0.29, 0.717) is 5.92 Å². The van der Waals surface area contributed by atoms with Crippen molar-refractivity contribution in [1.29, 1.82) is 0 Å². The molecular formula is C21H25IN2O. The molecule has 3 nitrogen and oxygen atoms in total. The molecule has 0 spiro atoms. The third-order valence-electron chi connectivity index (χ3n) is 5.96. The Morgan fingerprint density at radius 3 is 2.44 bits per heavy atom. The van der Waals surface area contributed by atoms with E-state index in [1.165, 1.54) is 29.5 Å². The number of anilines is 1. The molecule has 2 aliphatic rings. The minimum atomic E-state index is -0.291. The van der Waals surface area contributed by atoms with Crippen LogP contribution in [0.5, 0.6) is 0 Å². The molecule has 0 radical (unpaired) electrons. The molecule has 1 heterocycles. The number of aliphatic hydroxyl groups excluding tert-OH is 1. The number of likely N-dealkylation sites (tertiary alicyclic amines) is 1. The minimum Gasteiger partial charge on any atom is -0.398 e. The molecule has 2 aromatic rings. The Labute approximate surface area is 163 Å². The molecule has 1 aliphatic heterocycles. The van der Waals surface area contributed by atoms with Crippen LogP contribution in [0.4, 0.5) is 5.69 Å². The van der Waals surface area contributed by atoms with Crippen molar-refractivity contribution in [3.63, 3.8) is 0 Å². The minimum absolute atomic E-state index is 0.199. The quantitative estimate of drug-likeness (QED) is 0.546. The van der Waals surface area contributed by atoms with Gasteiger partial charge >= 0.3 is 0 Å². The Morgan fingerprint density at radius 2 is 1.72 bits per heavy atom. The van der Waals surface area contributed by atoms with Crippen molar-refractivity contribution in [2.45, 2.75) is 43.7 Å². The normalized spacial score (nSPS) is 24.9. The molecule has 2 aromatic carbocycles. The fourth-order valence-electron chi connectivity index (χ4n) is 4.48. The van der Waals surface area contributed by atoms with Gasteiger partial charge in [0.2, 0.25) is 0 Å². The Balaban J connectivity index is 1.47. The van der Waals surface area contributed by atoms with Crippen LogP contribution in [0.25, 0.3) is 0 Å². The first-order valence-electron chi connectivity index (χ1n) is 9.16. The average molecular weight is 448 g/mol. The molecule has 4 rings (SSSR count). The number of aliphatic hydroxyl groups is 1. The molecule has 0 saturated carbocycles. The fraction of sp³-hybridized carbons (Fsp3) is 0.429. The molecule has 0 aromatic heterocycles. The maximum absolute atomic E-state index is 10.7. The van der Waals surface area contributed by atoms with Crippen molar-refractivity contribution in [1.82, 2.24) is 4.90 Å². The highest BCUT2D eigenvalue weighted by molar-refractivity contribution is 14.1. The van der Waals surface area contributed by atoms with Crippen LogP contribution in [-0.4, -0.2) is 35.2 Å². The number of nitrogens with zero attached hydrogens (tertiary/aromatic N) is 1. The van der Waals surface area contributed by atoms with E-state index in [0.717, 1.165) is 35.2 Å². The summed E-state index contributed by atoms with van der Waals surface area (Å²) in [6, 6.07) is 15.2. The first-order chi connectivity index (χ1) is 12.1. The molecule has 0 unspecified atom stereocenters. The van der Waals surface area contributed by atoms with Gasteiger partial charge in [-0.1, -0.05) is 36.4 Å². The number of piperidine rings is 1. The van der Waals surface area contributed by atoms with Gasteiger partial charge in [0.25, 0.3) is 0 Å². The van der Waals surface area contributed by atoms with E-state index in [9.17, 15) is 5.11 Å². The van der Waals surface area contributed by atoms with E-state index in [1.807, 2.05) is 0 Å². The summed E-state index contributed by atoms with van der Waals surface area (Å²) < 4.78 is 1.12. The van der Waals surface area contributed by atoms with Crippen LogP contribution >= 0.6 is 22.6 Å². The highest BCUT2D eigenvalue weighted by Gasteiger charge is 2.34. The Bertz CT molecular complexity index is 741. The van der Waals surface area contributed by atoms with Crippen molar-refractivity contribution in [3.8, 4) is 0 Å². The predicted molar refractivity (Wildman–Crippen MR) is 111 cm³/mol. The van der Waals surface area contributed by atoms with Crippen molar-refractivity contribution < 1.29 is 5.11 Å². The Kier molecular flexibility index (Phi) is 5.02. The van der Waals surface area contributed by atoms with Crippen LogP contribution in [-0.2, 0) is 12.8 Å². The van der Waals surface area contributed by atoms with Gasteiger partial charge in [0.1, 0.15) is 0 Å². The molecule has 25 heavy (non-hydrogen) atoms. The number of rotatable bonds is 2. The van der Waals surface area contributed by atoms with E-state index in [1.54, 1.807) is 0 Å². The van der Waals surface area contributed by atoms with E-state index >= 15 is 0 Å². The number of hydrogen-bond acceptors (Lipinski definition) is 3. The van der Waals surface area contributed by atoms with Crippen LogP contribution in [0.15, 0.2) is 42.5 Å². The molecule has 2 atom stereocenters. The molecule has 1 saturated heterocycles. The maximum atomic E-state index is 10.7. The second kappa shape index (κ2) is 7.25. The van der Waals surface area contributed by atoms with Gasteiger partial charge in [0.15, 0.2) is 0 Å². The first-order valence-corrected chi connectivity index (χ1v) is 10.2. The summed E-state index contributed by atoms with van der Waals surface area (Å²) in [6.07, 6.45) is 3.64. The number of nitrogens with two attached hydrogens (primary N) is 1. The second-order valence-corrected chi connectivity index (χ2v) is 8.52. The topological polar surface area (TPSA) is 49.5 Å². The van der Waals surface area contributed by atoms with Gasteiger partial charge in [0, 0.05) is 21.7 Å². The lowest BCUT2D eigenvalue weighted by atomic mass is 9.82. The number of halogens is 1. The third kappa shape index (κ3) is 3.44. The van der Waals surface area contributed by atoms with Crippen LogP contribution in [0, 0.1) is 3.57 Å². The van der Waals surface area contributed by atoms with Crippen molar-refractivity contribution in [2.24, 2.45) is 0 Å². The molecule has 4 heteroatoms. The smallest absolute Gasteiger partial charge is 0.0739 e. The van der Waals surface area contributed by atoms with Crippen LogP contribution < -0.4 is 5.73 Å². The highest BCUT2D eigenvalue weighted by atomic mass is 127. The zero-order valence-corrected chi connectivity index (χ0v) is 16.5. The van der Waals surface area contributed by atoms with Crippen molar-refractivity contribution in [2.75, 3.05) is 18.8 Å². The molecule has 0 bridgehead atoms. The number of hydrogen-bond donors (Lipinski definition) is 2. The largest absolute Gasteiger partial charge is 0.398 e. The second-order valence-electron chi connectivity index (χ2n) is 7.36. The van der Waals surface area contributed by atoms with Crippen LogP contribution in [0.2, 0.25) is 0 Å². The summed E-state index contributed by atoms with van der Waals surface area (Å²) in [7, 11) is 0. The lowest BCUT2D eigenvalue weighted by Crippen LogP contribution is -2.51. The standard InChI is InChI=1S/C21H25IN2O/c22-18-7-6-16-12-20(25)19(13-17(16)21(18)23)24-10-8-15(9-11-24)14-4-2-1-3-5-14/h1-7,15,19-20,25H,8-13,23H2/t19-,20-/m0/s1. The summed E-state index contributed by atoms with van der Waals surface area (Å²) in [4.78, 5) is 2.49. The van der Waals surface area contributed by atoms with Gasteiger partial charge in [-0.2, -0.15) is 0 Å².